The van der Waals surface area contributed by atoms with E-state index >= 15 is 0 Å². The molecule has 0 radical (unpaired) electrons. The van der Waals surface area contributed by atoms with Gasteiger partial charge in [0.2, 0.25) is 0 Å². The third kappa shape index (κ3) is 3.12. The molecule has 2 atom stereocenters. The van der Waals surface area contributed by atoms with Gasteiger partial charge in [0.15, 0.2) is 0 Å². The first kappa shape index (κ1) is 12.7. The zero-order chi connectivity index (χ0) is 12.5. The lowest BCUT2D eigenvalue weighted by atomic mass is 9.87. The van der Waals surface area contributed by atoms with Crippen LogP contribution in [0.1, 0.15) is 40.0 Å². The molecule has 2 N–H and O–H groups in total. The van der Waals surface area contributed by atoms with Crippen molar-refractivity contribution in [2.75, 3.05) is 19.6 Å². The number of nitrogens with one attached hydrogen (secondary N) is 2. The first-order chi connectivity index (χ1) is 7.97. The molecule has 2 aliphatic heterocycles. The Morgan fingerprint density at radius 1 is 1.35 bits per heavy atom. The highest BCUT2D eigenvalue weighted by atomic mass is 16.2. The summed E-state index contributed by atoms with van der Waals surface area (Å²) in [6, 6.07) is 0.879. The molecule has 4 heteroatoms. The van der Waals surface area contributed by atoms with Gasteiger partial charge in [-0.25, -0.2) is 4.79 Å². The standard InChI is InChI=1S/C13H25N3O/c1-13(2,3)11-9-16(12(17)15-11)8-10-6-4-5-7-14-10/h10-11,14H,4-9H2,1-3H3,(H,15,17). The maximum Gasteiger partial charge on any atom is 0.317 e. The van der Waals surface area contributed by atoms with Crippen LogP contribution in [0.2, 0.25) is 0 Å². The summed E-state index contributed by atoms with van der Waals surface area (Å²) in [6.07, 6.45) is 3.76. The molecule has 0 aromatic heterocycles. The summed E-state index contributed by atoms with van der Waals surface area (Å²) >= 11 is 0. The van der Waals surface area contributed by atoms with Crippen LogP contribution in [0.3, 0.4) is 0 Å². The number of piperidine rings is 1. The zero-order valence-electron chi connectivity index (χ0n) is 11.3. The molecule has 2 heterocycles. The van der Waals surface area contributed by atoms with Crippen molar-refractivity contribution < 1.29 is 4.79 Å². The molecule has 0 bridgehead atoms. The van der Waals surface area contributed by atoms with Crippen molar-refractivity contribution in [1.29, 1.82) is 0 Å². The van der Waals surface area contributed by atoms with Crippen LogP contribution < -0.4 is 10.6 Å². The minimum Gasteiger partial charge on any atom is -0.333 e. The molecule has 2 unspecified atom stereocenters. The molecule has 0 aromatic rings. The second-order valence-electron chi connectivity index (χ2n) is 6.42. The second kappa shape index (κ2) is 4.84. The summed E-state index contributed by atoms with van der Waals surface area (Å²) in [5.41, 5.74) is 0.143. The summed E-state index contributed by atoms with van der Waals surface area (Å²) in [7, 11) is 0. The molecule has 0 spiro atoms. The number of hydrogen-bond donors (Lipinski definition) is 2. The number of nitrogens with zero attached hydrogens (tertiary/aromatic N) is 1. The van der Waals surface area contributed by atoms with Crippen LogP contribution in [-0.4, -0.2) is 42.6 Å². The highest BCUT2D eigenvalue weighted by Crippen LogP contribution is 2.24. The zero-order valence-corrected chi connectivity index (χ0v) is 11.3. The lowest BCUT2D eigenvalue weighted by molar-refractivity contribution is 0.206. The van der Waals surface area contributed by atoms with Gasteiger partial charge < -0.3 is 15.5 Å². The summed E-state index contributed by atoms with van der Waals surface area (Å²) in [5.74, 6) is 0. The first-order valence-electron chi connectivity index (χ1n) is 6.75. The van der Waals surface area contributed by atoms with Crippen LogP contribution in [0.15, 0.2) is 0 Å². The lowest BCUT2D eigenvalue weighted by Gasteiger charge is -2.29. The second-order valence-corrected chi connectivity index (χ2v) is 6.42. The van der Waals surface area contributed by atoms with Crippen molar-refractivity contribution in [3.05, 3.63) is 0 Å². The van der Waals surface area contributed by atoms with Crippen molar-refractivity contribution in [1.82, 2.24) is 15.5 Å². The number of rotatable bonds is 2. The predicted octanol–water partition coefficient (Wildman–Crippen LogP) is 1.57. The van der Waals surface area contributed by atoms with Crippen molar-refractivity contribution in [2.24, 2.45) is 5.41 Å². The van der Waals surface area contributed by atoms with Crippen LogP contribution in [0.5, 0.6) is 0 Å². The highest BCUT2D eigenvalue weighted by molar-refractivity contribution is 5.77. The van der Waals surface area contributed by atoms with Gasteiger partial charge in [0.05, 0.1) is 6.04 Å². The molecular weight excluding hydrogens is 214 g/mol. The van der Waals surface area contributed by atoms with Crippen LogP contribution in [0, 0.1) is 5.41 Å². The van der Waals surface area contributed by atoms with Crippen LogP contribution in [-0.2, 0) is 0 Å². The molecular formula is C13H25N3O. The van der Waals surface area contributed by atoms with E-state index in [1.807, 2.05) is 4.90 Å². The van der Waals surface area contributed by atoms with Crippen LogP contribution in [0.4, 0.5) is 4.79 Å². The van der Waals surface area contributed by atoms with Crippen molar-refractivity contribution in [2.45, 2.75) is 52.1 Å². The number of urea groups is 1. The Bertz CT molecular complexity index is 279. The molecule has 2 rings (SSSR count). The molecule has 0 saturated carbocycles. The van der Waals surface area contributed by atoms with Gasteiger partial charge in [-0.3, -0.25) is 0 Å². The topological polar surface area (TPSA) is 44.4 Å². The maximum absolute atomic E-state index is 11.9. The molecule has 2 fully saturated rings. The predicted molar refractivity (Wildman–Crippen MR) is 69.0 cm³/mol. The van der Waals surface area contributed by atoms with Gasteiger partial charge in [-0.05, 0) is 24.8 Å². The quantitative estimate of drug-likeness (QED) is 0.768. The fourth-order valence-corrected chi connectivity index (χ4v) is 2.58. The Morgan fingerprint density at radius 2 is 2.12 bits per heavy atom. The van der Waals surface area contributed by atoms with Gasteiger partial charge >= 0.3 is 6.03 Å². The van der Waals surface area contributed by atoms with Crippen molar-refractivity contribution >= 4 is 6.03 Å². The number of amides is 2. The normalized spacial score (nSPS) is 30.5. The first-order valence-corrected chi connectivity index (χ1v) is 6.75. The Kier molecular flexibility index (Phi) is 3.61. The third-order valence-electron chi connectivity index (χ3n) is 3.89. The highest BCUT2D eigenvalue weighted by Gasteiger charge is 2.36. The molecule has 0 aromatic carbocycles. The SMILES string of the molecule is CC(C)(C)C1CN(CC2CCCCN2)C(=O)N1. The Labute approximate surface area is 104 Å². The van der Waals surface area contributed by atoms with Crippen molar-refractivity contribution in [3.63, 3.8) is 0 Å². The van der Waals surface area contributed by atoms with Gasteiger partial charge in [-0.15, -0.1) is 0 Å². The van der Waals surface area contributed by atoms with E-state index in [1.165, 1.54) is 19.3 Å². The van der Waals surface area contributed by atoms with Gasteiger partial charge in [0.1, 0.15) is 0 Å². The van der Waals surface area contributed by atoms with Gasteiger partial charge in [-0.1, -0.05) is 27.2 Å². The van der Waals surface area contributed by atoms with E-state index in [0.29, 0.717) is 6.04 Å². The Morgan fingerprint density at radius 3 is 2.65 bits per heavy atom. The van der Waals surface area contributed by atoms with Crippen molar-refractivity contribution in [3.8, 4) is 0 Å². The van der Waals surface area contributed by atoms with E-state index in [0.717, 1.165) is 19.6 Å². The molecule has 2 aliphatic rings. The van der Waals surface area contributed by atoms with E-state index in [1.54, 1.807) is 0 Å². The third-order valence-corrected chi connectivity index (χ3v) is 3.89. The van der Waals surface area contributed by atoms with E-state index in [-0.39, 0.29) is 17.5 Å². The Balaban J connectivity index is 1.87. The fourth-order valence-electron chi connectivity index (χ4n) is 2.58. The van der Waals surface area contributed by atoms with Gasteiger partial charge in [0, 0.05) is 19.1 Å². The molecule has 17 heavy (non-hydrogen) atoms. The molecule has 4 nitrogen and oxygen atoms in total. The van der Waals surface area contributed by atoms with Crippen LogP contribution in [0.25, 0.3) is 0 Å². The van der Waals surface area contributed by atoms with Crippen LogP contribution >= 0.6 is 0 Å². The molecule has 0 aliphatic carbocycles. The molecule has 2 amide bonds. The lowest BCUT2D eigenvalue weighted by Crippen LogP contribution is -2.44. The molecule has 2 saturated heterocycles. The average molecular weight is 239 g/mol. The van der Waals surface area contributed by atoms with Gasteiger partial charge in [0.25, 0.3) is 0 Å². The minimum absolute atomic E-state index is 0.109. The number of carbonyl (C=O) groups excluding carboxylic acids is 1. The smallest absolute Gasteiger partial charge is 0.317 e. The Hall–Kier alpha value is -0.770. The van der Waals surface area contributed by atoms with E-state index < -0.39 is 0 Å². The summed E-state index contributed by atoms with van der Waals surface area (Å²) in [4.78, 5) is 13.9. The largest absolute Gasteiger partial charge is 0.333 e. The summed E-state index contributed by atoms with van der Waals surface area (Å²) < 4.78 is 0. The fraction of sp³-hybridized carbons (Fsp3) is 0.923. The average Bonchev–Trinajstić information content (AvgIpc) is 2.62. The van der Waals surface area contributed by atoms with E-state index in [2.05, 4.69) is 31.4 Å². The number of hydrogen-bond acceptors (Lipinski definition) is 2. The summed E-state index contributed by atoms with van der Waals surface area (Å²) in [6.45, 7) is 9.35. The van der Waals surface area contributed by atoms with E-state index in [4.69, 9.17) is 0 Å². The number of carbonyl (C=O) groups is 1. The van der Waals surface area contributed by atoms with E-state index in [9.17, 15) is 4.79 Å². The minimum atomic E-state index is 0.109. The van der Waals surface area contributed by atoms with Gasteiger partial charge in [-0.2, -0.15) is 0 Å². The maximum atomic E-state index is 11.9. The monoisotopic (exact) mass is 239 g/mol. The molecule has 98 valence electrons. The summed E-state index contributed by atoms with van der Waals surface area (Å²) in [5, 5.41) is 6.59.